The van der Waals surface area contributed by atoms with E-state index < -0.39 is 12.1 Å². The summed E-state index contributed by atoms with van der Waals surface area (Å²) in [6.45, 7) is 2.27. The number of rotatable bonds is 17. The zero-order chi connectivity index (χ0) is 17.9. The maximum Gasteiger partial charge on any atom is 0.334 e. The normalized spacial score (nSPS) is 12.6. The molecule has 1 atom stereocenters. The van der Waals surface area contributed by atoms with Gasteiger partial charge in [0.05, 0.1) is 7.11 Å². The molecule has 0 rings (SSSR count). The molecule has 0 heterocycles. The van der Waals surface area contributed by atoms with Gasteiger partial charge in [0.2, 0.25) is 0 Å². The molecule has 3 nitrogen and oxygen atoms in total. The van der Waals surface area contributed by atoms with E-state index in [0.29, 0.717) is 6.42 Å². The van der Waals surface area contributed by atoms with Crippen molar-refractivity contribution in [3.05, 3.63) is 12.2 Å². The minimum Gasteiger partial charge on any atom is -0.467 e. The quantitative estimate of drug-likeness (QED) is 0.202. The van der Waals surface area contributed by atoms with Crippen LogP contribution in [0.4, 0.5) is 0 Å². The second-order valence-corrected chi connectivity index (χ2v) is 6.77. The molecule has 0 spiro atoms. The SMILES string of the molecule is CCCCCCCCCCCCCC/C=C\CC[C@H](O)C(=O)OC. The number of hydrogen-bond acceptors (Lipinski definition) is 3. The number of hydrogen-bond donors (Lipinski definition) is 1. The van der Waals surface area contributed by atoms with Crippen molar-refractivity contribution in [1.82, 2.24) is 0 Å². The largest absolute Gasteiger partial charge is 0.467 e. The van der Waals surface area contributed by atoms with Crippen LogP contribution in [0, 0.1) is 0 Å². The van der Waals surface area contributed by atoms with Gasteiger partial charge in [-0.3, -0.25) is 0 Å². The van der Waals surface area contributed by atoms with Gasteiger partial charge >= 0.3 is 5.97 Å². The summed E-state index contributed by atoms with van der Waals surface area (Å²) in [6.07, 6.45) is 22.1. The van der Waals surface area contributed by atoms with E-state index in [-0.39, 0.29) is 0 Å². The molecular formula is C21H40O3. The van der Waals surface area contributed by atoms with Gasteiger partial charge in [0.1, 0.15) is 0 Å². The Hall–Kier alpha value is -0.830. The molecule has 0 aliphatic heterocycles. The second-order valence-electron chi connectivity index (χ2n) is 6.77. The third kappa shape index (κ3) is 16.0. The summed E-state index contributed by atoms with van der Waals surface area (Å²) in [6, 6.07) is 0. The van der Waals surface area contributed by atoms with Gasteiger partial charge in [0, 0.05) is 0 Å². The van der Waals surface area contributed by atoms with Crippen molar-refractivity contribution in [3.8, 4) is 0 Å². The lowest BCUT2D eigenvalue weighted by Gasteiger charge is -2.05. The second kappa shape index (κ2) is 18.5. The van der Waals surface area contributed by atoms with E-state index in [1.807, 2.05) is 0 Å². The lowest BCUT2D eigenvalue weighted by molar-refractivity contribution is -0.150. The molecule has 0 amide bonds. The number of esters is 1. The molecular weight excluding hydrogens is 300 g/mol. The van der Waals surface area contributed by atoms with Crippen LogP contribution >= 0.6 is 0 Å². The molecule has 142 valence electrons. The van der Waals surface area contributed by atoms with Gasteiger partial charge in [-0.2, -0.15) is 0 Å². The van der Waals surface area contributed by atoms with Crippen LogP contribution in [-0.2, 0) is 9.53 Å². The lowest BCUT2D eigenvalue weighted by atomic mass is 10.0. The van der Waals surface area contributed by atoms with Crippen LogP contribution in [0.15, 0.2) is 12.2 Å². The van der Waals surface area contributed by atoms with E-state index in [4.69, 9.17) is 0 Å². The number of unbranched alkanes of at least 4 members (excludes halogenated alkanes) is 12. The smallest absolute Gasteiger partial charge is 0.334 e. The Labute approximate surface area is 149 Å². The van der Waals surface area contributed by atoms with Crippen LogP contribution in [0.25, 0.3) is 0 Å². The van der Waals surface area contributed by atoms with Gasteiger partial charge in [-0.05, 0) is 25.7 Å². The van der Waals surface area contributed by atoms with E-state index in [0.717, 1.165) is 12.8 Å². The molecule has 0 fully saturated rings. The monoisotopic (exact) mass is 340 g/mol. The number of aliphatic hydroxyl groups is 1. The van der Waals surface area contributed by atoms with Crippen molar-refractivity contribution < 1.29 is 14.6 Å². The maximum atomic E-state index is 11.0. The Bertz CT molecular complexity index is 299. The molecule has 0 aliphatic rings. The highest BCUT2D eigenvalue weighted by molar-refractivity contribution is 5.74. The molecule has 3 heteroatoms. The van der Waals surface area contributed by atoms with Crippen LogP contribution in [0.1, 0.15) is 103 Å². The van der Waals surface area contributed by atoms with Gasteiger partial charge in [-0.1, -0.05) is 89.7 Å². The van der Waals surface area contributed by atoms with Crippen LogP contribution < -0.4 is 0 Å². The molecule has 0 unspecified atom stereocenters. The number of carbonyl (C=O) groups excluding carboxylic acids is 1. The summed E-state index contributed by atoms with van der Waals surface area (Å²) in [7, 11) is 1.30. The average molecular weight is 341 g/mol. The Morgan fingerprint density at radius 1 is 0.833 bits per heavy atom. The molecule has 0 saturated carbocycles. The van der Waals surface area contributed by atoms with Gasteiger partial charge in [0.25, 0.3) is 0 Å². The summed E-state index contributed by atoms with van der Waals surface area (Å²) < 4.78 is 4.48. The lowest BCUT2D eigenvalue weighted by Crippen LogP contribution is -2.21. The molecule has 1 N–H and O–H groups in total. The number of ether oxygens (including phenoxy) is 1. The topological polar surface area (TPSA) is 46.5 Å². The first-order chi connectivity index (χ1) is 11.7. The molecule has 24 heavy (non-hydrogen) atoms. The zero-order valence-corrected chi connectivity index (χ0v) is 16.1. The summed E-state index contributed by atoms with van der Waals surface area (Å²) in [5, 5.41) is 9.42. The Morgan fingerprint density at radius 2 is 1.29 bits per heavy atom. The summed E-state index contributed by atoms with van der Waals surface area (Å²) >= 11 is 0. The zero-order valence-electron chi connectivity index (χ0n) is 16.1. The Kier molecular flexibility index (Phi) is 17.9. The molecule has 0 aromatic carbocycles. The minimum absolute atomic E-state index is 0.446. The van der Waals surface area contributed by atoms with Gasteiger partial charge < -0.3 is 9.84 Å². The molecule has 0 radical (unpaired) electrons. The number of aliphatic hydroxyl groups excluding tert-OH is 1. The fourth-order valence-corrected chi connectivity index (χ4v) is 2.85. The Balaban J connectivity index is 3.19. The van der Waals surface area contributed by atoms with Crippen molar-refractivity contribution in [2.45, 2.75) is 109 Å². The first-order valence-corrected chi connectivity index (χ1v) is 10.1. The van der Waals surface area contributed by atoms with Crippen LogP contribution in [0.2, 0.25) is 0 Å². The van der Waals surface area contributed by atoms with Gasteiger partial charge in [0.15, 0.2) is 6.10 Å². The average Bonchev–Trinajstić information content (AvgIpc) is 2.60. The Morgan fingerprint density at radius 3 is 1.79 bits per heavy atom. The van der Waals surface area contributed by atoms with E-state index in [1.54, 1.807) is 0 Å². The highest BCUT2D eigenvalue weighted by Gasteiger charge is 2.13. The van der Waals surface area contributed by atoms with E-state index in [1.165, 1.54) is 84.2 Å². The fourth-order valence-electron chi connectivity index (χ4n) is 2.85. The van der Waals surface area contributed by atoms with Crippen LogP contribution in [-0.4, -0.2) is 24.3 Å². The fraction of sp³-hybridized carbons (Fsp3) is 0.857. The predicted molar refractivity (Wildman–Crippen MR) is 102 cm³/mol. The standard InChI is InChI=1S/C21H40O3/c1-3-4-5-6-7-8-9-10-11-12-13-14-15-16-17-18-19-20(22)21(23)24-2/h16-17,20,22H,3-15,18-19H2,1-2H3/b17-16-/t20-/m0/s1. The van der Waals surface area contributed by atoms with Crippen molar-refractivity contribution in [1.29, 1.82) is 0 Å². The summed E-state index contributed by atoms with van der Waals surface area (Å²) in [4.78, 5) is 11.0. The van der Waals surface area contributed by atoms with Crippen molar-refractivity contribution in [2.75, 3.05) is 7.11 Å². The number of carbonyl (C=O) groups is 1. The maximum absolute atomic E-state index is 11.0. The van der Waals surface area contributed by atoms with E-state index >= 15 is 0 Å². The molecule has 0 saturated heterocycles. The summed E-state index contributed by atoms with van der Waals surface area (Å²) in [5.74, 6) is -0.538. The van der Waals surface area contributed by atoms with Crippen molar-refractivity contribution >= 4 is 5.97 Å². The first kappa shape index (κ1) is 23.2. The molecule has 0 aromatic rings. The number of allylic oxidation sites excluding steroid dienone is 2. The van der Waals surface area contributed by atoms with Crippen molar-refractivity contribution in [2.24, 2.45) is 0 Å². The predicted octanol–water partition coefficient (Wildman–Crippen LogP) is 5.95. The van der Waals surface area contributed by atoms with Gasteiger partial charge in [-0.25, -0.2) is 4.79 Å². The highest BCUT2D eigenvalue weighted by Crippen LogP contribution is 2.12. The molecule has 0 aromatic heterocycles. The van der Waals surface area contributed by atoms with Crippen LogP contribution in [0.3, 0.4) is 0 Å². The highest BCUT2D eigenvalue weighted by atomic mass is 16.5. The summed E-state index contributed by atoms with van der Waals surface area (Å²) in [5.41, 5.74) is 0. The third-order valence-electron chi connectivity index (χ3n) is 4.47. The number of methoxy groups -OCH3 is 1. The first-order valence-electron chi connectivity index (χ1n) is 10.1. The third-order valence-corrected chi connectivity index (χ3v) is 4.47. The molecule has 0 bridgehead atoms. The molecule has 0 aliphatic carbocycles. The van der Waals surface area contributed by atoms with Crippen molar-refractivity contribution in [3.63, 3.8) is 0 Å². The van der Waals surface area contributed by atoms with E-state index in [9.17, 15) is 9.90 Å². The van der Waals surface area contributed by atoms with Crippen LogP contribution in [0.5, 0.6) is 0 Å². The minimum atomic E-state index is -0.980. The van der Waals surface area contributed by atoms with E-state index in [2.05, 4.69) is 23.8 Å². The van der Waals surface area contributed by atoms with Gasteiger partial charge in [-0.15, -0.1) is 0 Å².